The van der Waals surface area contributed by atoms with Gasteiger partial charge in [-0.05, 0) is 26.1 Å². The van der Waals surface area contributed by atoms with Gasteiger partial charge in [-0.3, -0.25) is 4.79 Å². The molecule has 142 valence electrons. The number of carbonyl (C=O) groups is 1. The van der Waals surface area contributed by atoms with E-state index in [9.17, 15) is 4.79 Å². The molecule has 1 aliphatic rings. The molecule has 1 aliphatic heterocycles. The van der Waals surface area contributed by atoms with Gasteiger partial charge in [-0.1, -0.05) is 24.4 Å². The molecule has 1 aromatic carbocycles. The van der Waals surface area contributed by atoms with Crippen molar-refractivity contribution in [3.8, 4) is 17.6 Å². The number of carbonyl (C=O) groups excluding carboxylic acids is 1. The molecule has 1 heterocycles. The number of nitrogens with zero attached hydrogens (tertiary/aromatic N) is 1. The van der Waals surface area contributed by atoms with E-state index in [4.69, 9.17) is 26.8 Å². The van der Waals surface area contributed by atoms with Crippen LogP contribution in [0.15, 0.2) is 12.1 Å². The molecule has 2 atom stereocenters. The average Bonchev–Trinajstić information content (AvgIpc) is 2.62. The Bertz CT molecular complexity index is 699. The van der Waals surface area contributed by atoms with Crippen LogP contribution in [0.4, 0.5) is 5.69 Å². The number of hydrogen-bond acceptors (Lipinski definition) is 5. The fourth-order valence-corrected chi connectivity index (χ4v) is 3.04. The fourth-order valence-electron chi connectivity index (χ4n) is 2.88. The van der Waals surface area contributed by atoms with Crippen LogP contribution in [0.5, 0.6) is 5.75 Å². The van der Waals surface area contributed by atoms with E-state index in [2.05, 4.69) is 22.1 Å². The molecule has 1 aromatic rings. The summed E-state index contributed by atoms with van der Waals surface area (Å²) in [6, 6.07) is 3.02. The number of nitrogens with one attached hydrogen (secondary N) is 1. The lowest BCUT2D eigenvalue weighted by molar-refractivity contribution is 0.0142. The third kappa shape index (κ3) is 5.28. The summed E-state index contributed by atoms with van der Waals surface area (Å²) in [7, 11) is 3.69. The van der Waals surface area contributed by atoms with Crippen molar-refractivity contribution in [2.45, 2.75) is 31.9 Å². The predicted molar refractivity (Wildman–Crippen MR) is 104 cm³/mol. The van der Waals surface area contributed by atoms with Gasteiger partial charge in [0, 0.05) is 26.1 Å². The fraction of sp³-hybridized carbons (Fsp3) is 0.526. The molecule has 2 rings (SSSR count). The van der Waals surface area contributed by atoms with Crippen molar-refractivity contribution in [2.75, 3.05) is 39.6 Å². The molecule has 1 amide bonds. The van der Waals surface area contributed by atoms with E-state index in [0.717, 1.165) is 25.9 Å². The van der Waals surface area contributed by atoms with E-state index < -0.39 is 0 Å². The van der Waals surface area contributed by atoms with E-state index in [-0.39, 0.29) is 24.7 Å². The van der Waals surface area contributed by atoms with Crippen molar-refractivity contribution in [1.82, 2.24) is 10.2 Å². The first-order valence-corrected chi connectivity index (χ1v) is 9.03. The zero-order chi connectivity index (χ0) is 19.1. The van der Waals surface area contributed by atoms with Crippen LogP contribution in [-0.4, -0.2) is 56.8 Å². The number of benzene rings is 1. The second-order valence-corrected chi connectivity index (χ2v) is 6.68. The van der Waals surface area contributed by atoms with Gasteiger partial charge in [0.2, 0.25) is 0 Å². The maximum absolute atomic E-state index is 12.8. The molecule has 0 spiro atoms. The Kier molecular flexibility index (Phi) is 7.58. The third-order valence-corrected chi connectivity index (χ3v) is 4.65. The number of methoxy groups -OCH3 is 1. The Morgan fingerprint density at radius 1 is 1.46 bits per heavy atom. The zero-order valence-electron chi connectivity index (χ0n) is 15.5. The van der Waals surface area contributed by atoms with E-state index in [1.165, 1.54) is 6.07 Å². The molecular weight excluding hydrogens is 354 g/mol. The minimum Gasteiger partial charge on any atom is -0.480 e. The summed E-state index contributed by atoms with van der Waals surface area (Å²) >= 11 is 6.11. The number of nitrogens with two attached hydrogens (primary N) is 1. The molecule has 0 aliphatic carbocycles. The van der Waals surface area contributed by atoms with Crippen LogP contribution >= 0.6 is 11.6 Å². The first-order valence-electron chi connectivity index (χ1n) is 8.66. The Balaban J connectivity index is 2.17. The highest BCUT2D eigenvalue weighted by Crippen LogP contribution is 2.29. The number of amides is 1. The number of halogens is 1. The average molecular weight is 380 g/mol. The lowest BCUT2D eigenvalue weighted by Gasteiger charge is -2.36. The molecule has 0 radical (unpaired) electrons. The Hall–Kier alpha value is -1.94. The first-order chi connectivity index (χ1) is 12.5. The molecule has 2 unspecified atom stereocenters. The second kappa shape index (κ2) is 9.67. The minimum atomic E-state index is -0.262. The minimum absolute atomic E-state index is 0.0678. The van der Waals surface area contributed by atoms with Crippen LogP contribution in [0.1, 0.15) is 30.1 Å². The number of hydrogen-bond donors (Lipinski definition) is 2. The lowest BCUT2D eigenvalue weighted by atomic mass is 10.0. The van der Waals surface area contributed by atoms with Crippen LogP contribution < -0.4 is 15.8 Å². The zero-order valence-corrected chi connectivity index (χ0v) is 16.2. The van der Waals surface area contributed by atoms with Crippen molar-refractivity contribution in [2.24, 2.45) is 0 Å². The molecule has 1 saturated heterocycles. The second-order valence-electron chi connectivity index (χ2n) is 6.27. The van der Waals surface area contributed by atoms with Gasteiger partial charge in [0.05, 0.1) is 28.4 Å². The predicted octanol–water partition coefficient (Wildman–Crippen LogP) is 2.16. The van der Waals surface area contributed by atoms with Gasteiger partial charge >= 0.3 is 0 Å². The van der Waals surface area contributed by atoms with Crippen LogP contribution in [0.25, 0.3) is 0 Å². The number of rotatable bonds is 5. The number of nitrogen functional groups attached to an aromatic ring is 1. The van der Waals surface area contributed by atoms with Gasteiger partial charge in [-0.25, -0.2) is 0 Å². The standard InChI is InChI=1S/C19H26ClN3O3/c1-4-5-6-9-26-17-11-15(21)14(20)10-13(17)19(24)22-16-7-8-23(2)12-18(16)25-3/h10-11,16,18H,4,7-9,12,21H2,1-3H3,(H,22,24). The molecule has 26 heavy (non-hydrogen) atoms. The van der Waals surface area contributed by atoms with Crippen LogP contribution in [0, 0.1) is 11.8 Å². The van der Waals surface area contributed by atoms with E-state index in [1.54, 1.807) is 13.2 Å². The summed E-state index contributed by atoms with van der Waals surface area (Å²) in [4.78, 5) is 15.0. The topological polar surface area (TPSA) is 76.8 Å². The summed E-state index contributed by atoms with van der Waals surface area (Å²) in [6.07, 6.45) is 1.48. The molecule has 0 bridgehead atoms. The van der Waals surface area contributed by atoms with Crippen LogP contribution in [0.2, 0.25) is 5.02 Å². The Labute approximate surface area is 160 Å². The van der Waals surface area contributed by atoms with Crippen molar-refractivity contribution >= 4 is 23.2 Å². The van der Waals surface area contributed by atoms with E-state index >= 15 is 0 Å². The van der Waals surface area contributed by atoms with Gasteiger partial charge in [-0.15, -0.1) is 5.92 Å². The van der Waals surface area contributed by atoms with Gasteiger partial charge in [0.25, 0.3) is 5.91 Å². The van der Waals surface area contributed by atoms with Crippen molar-refractivity contribution in [3.05, 3.63) is 22.7 Å². The SMILES string of the molecule is CCC#CCOc1cc(N)c(Cl)cc1C(=O)NC1CCN(C)CC1OC. The molecule has 7 heteroatoms. The maximum atomic E-state index is 12.8. The van der Waals surface area contributed by atoms with Gasteiger partial charge in [0.1, 0.15) is 12.4 Å². The molecule has 6 nitrogen and oxygen atoms in total. The van der Waals surface area contributed by atoms with Gasteiger partial charge in [0.15, 0.2) is 0 Å². The van der Waals surface area contributed by atoms with Crippen LogP contribution in [0.3, 0.4) is 0 Å². The number of likely N-dealkylation sites (N-methyl/N-ethyl adjacent to an activating group) is 1. The number of piperidine rings is 1. The lowest BCUT2D eigenvalue weighted by Crippen LogP contribution is -2.53. The highest BCUT2D eigenvalue weighted by Gasteiger charge is 2.30. The third-order valence-electron chi connectivity index (χ3n) is 4.33. The van der Waals surface area contributed by atoms with Crippen LogP contribution in [-0.2, 0) is 4.74 Å². The molecule has 3 N–H and O–H groups in total. The largest absolute Gasteiger partial charge is 0.480 e. The Morgan fingerprint density at radius 3 is 2.92 bits per heavy atom. The highest BCUT2D eigenvalue weighted by molar-refractivity contribution is 6.33. The molecule has 1 fully saturated rings. The number of likely N-dealkylation sites (tertiary alicyclic amines) is 1. The summed E-state index contributed by atoms with van der Waals surface area (Å²) in [5, 5.41) is 3.35. The van der Waals surface area contributed by atoms with Crippen molar-refractivity contribution < 1.29 is 14.3 Å². The van der Waals surface area contributed by atoms with Gasteiger partial charge < -0.3 is 25.4 Å². The highest BCUT2D eigenvalue weighted by atomic mass is 35.5. The number of ether oxygens (including phenoxy) is 2. The Morgan fingerprint density at radius 2 is 2.23 bits per heavy atom. The maximum Gasteiger partial charge on any atom is 0.255 e. The van der Waals surface area contributed by atoms with Gasteiger partial charge in [-0.2, -0.15) is 0 Å². The monoisotopic (exact) mass is 379 g/mol. The van der Waals surface area contributed by atoms with E-state index in [0.29, 0.717) is 22.0 Å². The summed E-state index contributed by atoms with van der Waals surface area (Å²) in [6.45, 7) is 3.80. The normalized spacial score (nSPS) is 20.2. The molecule has 0 aromatic heterocycles. The summed E-state index contributed by atoms with van der Waals surface area (Å²) in [5.74, 6) is 5.92. The number of anilines is 1. The first kappa shape index (κ1) is 20.4. The molecular formula is C19H26ClN3O3. The molecule has 0 saturated carbocycles. The van der Waals surface area contributed by atoms with Crippen molar-refractivity contribution in [3.63, 3.8) is 0 Å². The van der Waals surface area contributed by atoms with E-state index in [1.807, 2.05) is 14.0 Å². The quantitative estimate of drug-likeness (QED) is 0.605. The summed E-state index contributed by atoms with van der Waals surface area (Å²) in [5.41, 5.74) is 6.56. The smallest absolute Gasteiger partial charge is 0.255 e. The van der Waals surface area contributed by atoms with Crippen molar-refractivity contribution in [1.29, 1.82) is 0 Å². The summed E-state index contributed by atoms with van der Waals surface area (Å²) < 4.78 is 11.2.